The van der Waals surface area contributed by atoms with Crippen molar-refractivity contribution in [3.63, 3.8) is 0 Å². The molecule has 0 aliphatic carbocycles. The van der Waals surface area contributed by atoms with Crippen LogP contribution in [0.25, 0.3) is 0 Å². The molecule has 1 unspecified atom stereocenters. The highest BCUT2D eigenvalue weighted by Gasteiger charge is 2.38. The van der Waals surface area contributed by atoms with E-state index in [0.29, 0.717) is 6.61 Å². The van der Waals surface area contributed by atoms with Gasteiger partial charge in [-0.25, -0.2) is 4.67 Å². The van der Waals surface area contributed by atoms with Crippen molar-refractivity contribution in [2.75, 3.05) is 19.8 Å². The Morgan fingerprint density at radius 3 is 1.89 bits per heavy atom. The fourth-order valence-electron chi connectivity index (χ4n) is 1.59. The molecule has 0 aromatic rings. The first-order chi connectivity index (χ1) is 7.82. The van der Waals surface area contributed by atoms with Crippen LogP contribution in [-0.4, -0.2) is 35.8 Å². The van der Waals surface area contributed by atoms with Crippen LogP contribution in [0.4, 0.5) is 0 Å². The number of rotatable bonds is 5. The Morgan fingerprint density at radius 1 is 1.17 bits per heavy atom. The molecule has 0 aliphatic heterocycles. The molecule has 0 saturated carbocycles. The van der Waals surface area contributed by atoms with E-state index in [1.165, 1.54) is 0 Å². The Hall–Kier alpha value is -0.180. The molecule has 0 N–H and O–H groups in total. The molecule has 0 saturated heterocycles. The Morgan fingerprint density at radius 2 is 1.61 bits per heavy atom. The summed E-state index contributed by atoms with van der Waals surface area (Å²) in [6.45, 7) is 15.4. The maximum absolute atomic E-state index is 12.6. The molecular formula is C13H28NO3P. The summed E-state index contributed by atoms with van der Waals surface area (Å²) in [7, 11) is -2.94. The molecule has 0 fully saturated rings. The lowest BCUT2D eigenvalue weighted by Crippen LogP contribution is -2.44. The fourth-order valence-corrected chi connectivity index (χ4v) is 3.69. The maximum atomic E-state index is 12.6. The van der Waals surface area contributed by atoms with Gasteiger partial charge in [-0.05, 0) is 27.7 Å². The van der Waals surface area contributed by atoms with Crippen molar-refractivity contribution in [1.82, 2.24) is 4.67 Å². The number of carbonyl (C=O) groups is 1. The number of ketones is 1. The predicted octanol–water partition coefficient (Wildman–Crippen LogP) is 3.56. The van der Waals surface area contributed by atoms with Gasteiger partial charge in [0.1, 0.15) is 0 Å². The molecule has 0 aromatic carbocycles. The molecule has 0 spiro atoms. The normalized spacial score (nSPS) is 16.7. The smallest absolute Gasteiger partial charge is 0.270 e. The van der Waals surface area contributed by atoms with Crippen LogP contribution in [0.5, 0.6) is 0 Å². The van der Waals surface area contributed by atoms with Gasteiger partial charge in [-0.15, -0.1) is 0 Å². The number of carbonyl (C=O) groups excluding carboxylic acids is 1. The lowest BCUT2D eigenvalue weighted by atomic mass is 9.90. The van der Waals surface area contributed by atoms with Gasteiger partial charge in [0.25, 0.3) is 7.52 Å². The van der Waals surface area contributed by atoms with Crippen molar-refractivity contribution in [2.24, 2.45) is 5.41 Å². The van der Waals surface area contributed by atoms with Crippen LogP contribution in [0.1, 0.15) is 48.5 Å². The van der Waals surface area contributed by atoms with Crippen molar-refractivity contribution in [3.8, 4) is 0 Å². The van der Waals surface area contributed by atoms with Gasteiger partial charge in [0, 0.05) is 17.6 Å². The molecule has 5 heteroatoms. The third-order valence-corrected chi connectivity index (χ3v) is 5.07. The van der Waals surface area contributed by atoms with E-state index in [1.54, 1.807) is 11.3 Å². The highest BCUT2D eigenvalue weighted by molar-refractivity contribution is 7.55. The summed E-state index contributed by atoms with van der Waals surface area (Å²) in [5, 5.41) is 0. The van der Waals surface area contributed by atoms with Crippen LogP contribution in [0.2, 0.25) is 0 Å². The molecule has 0 rings (SSSR count). The Kier molecular flexibility index (Phi) is 5.79. The average Bonchev–Trinajstić information content (AvgIpc) is 2.09. The topological polar surface area (TPSA) is 46.6 Å². The van der Waals surface area contributed by atoms with Crippen LogP contribution >= 0.6 is 7.52 Å². The second kappa shape index (κ2) is 5.85. The summed E-state index contributed by atoms with van der Waals surface area (Å²) in [6, 6.07) is 0. The predicted molar refractivity (Wildman–Crippen MR) is 76.1 cm³/mol. The molecule has 0 radical (unpaired) electrons. The SMILES string of the molecule is CCOP(C)(=O)N(CC(=O)C(C)(C)C)C(C)(C)C. The van der Waals surface area contributed by atoms with Crippen molar-refractivity contribution >= 4 is 13.3 Å². The molecule has 0 heterocycles. The van der Waals surface area contributed by atoms with Crippen LogP contribution in [0, 0.1) is 5.41 Å². The van der Waals surface area contributed by atoms with E-state index >= 15 is 0 Å². The molecular weight excluding hydrogens is 249 g/mol. The molecule has 18 heavy (non-hydrogen) atoms. The number of hydrogen-bond donors (Lipinski definition) is 0. The van der Waals surface area contributed by atoms with Crippen molar-refractivity contribution in [2.45, 2.75) is 54.0 Å². The molecule has 0 bridgehead atoms. The quantitative estimate of drug-likeness (QED) is 0.721. The highest BCUT2D eigenvalue weighted by atomic mass is 31.2. The van der Waals surface area contributed by atoms with Crippen molar-refractivity contribution in [3.05, 3.63) is 0 Å². The first kappa shape index (κ1) is 17.8. The fraction of sp³-hybridized carbons (Fsp3) is 0.923. The summed E-state index contributed by atoms with van der Waals surface area (Å²) >= 11 is 0. The van der Waals surface area contributed by atoms with Crippen molar-refractivity contribution in [1.29, 1.82) is 0 Å². The van der Waals surface area contributed by atoms with E-state index in [0.717, 1.165) is 0 Å². The van der Waals surface area contributed by atoms with E-state index in [2.05, 4.69) is 0 Å². The molecule has 0 aromatic heterocycles. The first-order valence-electron chi connectivity index (χ1n) is 6.36. The molecule has 108 valence electrons. The molecule has 0 amide bonds. The molecule has 0 aliphatic rings. The Balaban J connectivity index is 5.18. The van der Waals surface area contributed by atoms with Gasteiger partial charge in [0.05, 0.1) is 13.2 Å². The van der Waals surface area contributed by atoms with Gasteiger partial charge in [0.15, 0.2) is 5.78 Å². The maximum Gasteiger partial charge on any atom is 0.270 e. The number of nitrogens with zero attached hydrogens (tertiary/aromatic N) is 1. The van der Waals surface area contributed by atoms with Crippen LogP contribution < -0.4 is 0 Å². The Bertz CT molecular complexity index is 339. The summed E-state index contributed by atoms with van der Waals surface area (Å²) in [5.74, 6) is 0.0687. The van der Waals surface area contributed by atoms with Gasteiger partial charge in [-0.3, -0.25) is 9.36 Å². The third-order valence-electron chi connectivity index (χ3n) is 2.71. The lowest BCUT2D eigenvalue weighted by molar-refractivity contribution is -0.127. The zero-order chi connectivity index (χ0) is 14.8. The van der Waals surface area contributed by atoms with Crippen LogP contribution in [-0.2, 0) is 13.9 Å². The average molecular weight is 277 g/mol. The Labute approximate surface area is 112 Å². The molecule has 4 nitrogen and oxygen atoms in total. The summed E-state index contributed by atoms with van der Waals surface area (Å²) in [5.41, 5.74) is -0.809. The van der Waals surface area contributed by atoms with Gasteiger partial charge >= 0.3 is 0 Å². The van der Waals surface area contributed by atoms with Crippen LogP contribution in [0.15, 0.2) is 0 Å². The minimum absolute atomic E-state index is 0.0687. The van der Waals surface area contributed by atoms with E-state index in [9.17, 15) is 9.36 Å². The lowest BCUT2D eigenvalue weighted by Gasteiger charge is -2.39. The minimum atomic E-state index is -2.94. The molecule has 1 atom stereocenters. The number of Topliss-reactive ketones (excluding diaryl/α,β-unsaturated/α-hetero) is 1. The van der Waals surface area contributed by atoms with E-state index in [1.807, 2.05) is 48.5 Å². The van der Waals surface area contributed by atoms with Gasteiger partial charge in [-0.1, -0.05) is 20.8 Å². The summed E-state index contributed by atoms with van der Waals surface area (Å²) in [6.07, 6.45) is 0. The van der Waals surface area contributed by atoms with Gasteiger partial charge < -0.3 is 4.52 Å². The largest absolute Gasteiger partial charge is 0.318 e. The van der Waals surface area contributed by atoms with Crippen molar-refractivity contribution < 1.29 is 13.9 Å². The monoisotopic (exact) mass is 277 g/mol. The minimum Gasteiger partial charge on any atom is -0.318 e. The van der Waals surface area contributed by atoms with Gasteiger partial charge in [0.2, 0.25) is 0 Å². The van der Waals surface area contributed by atoms with Gasteiger partial charge in [-0.2, -0.15) is 0 Å². The summed E-state index contributed by atoms with van der Waals surface area (Å²) in [4.78, 5) is 12.2. The van der Waals surface area contributed by atoms with E-state index < -0.39 is 12.9 Å². The van der Waals surface area contributed by atoms with E-state index in [-0.39, 0.29) is 17.9 Å². The summed E-state index contributed by atoms with van der Waals surface area (Å²) < 4.78 is 19.6. The van der Waals surface area contributed by atoms with Crippen LogP contribution in [0.3, 0.4) is 0 Å². The number of hydrogen-bond acceptors (Lipinski definition) is 3. The van der Waals surface area contributed by atoms with E-state index in [4.69, 9.17) is 4.52 Å². The standard InChI is InChI=1S/C13H28NO3P/c1-9-17-18(8,16)14(13(5,6)7)10-11(15)12(2,3)4/h9-10H2,1-8H3. The zero-order valence-corrected chi connectivity index (χ0v) is 13.9. The third kappa shape index (κ3) is 5.21. The second-order valence-corrected chi connectivity index (χ2v) is 8.97. The highest BCUT2D eigenvalue weighted by Crippen LogP contribution is 2.51. The second-order valence-electron chi connectivity index (χ2n) is 6.62. The zero-order valence-electron chi connectivity index (χ0n) is 13.0. The first-order valence-corrected chi connectivity index (χ1v) is 8.38.